The van der Waals surface area contributed by atoms with Gasteiger partial charge in [0.05, 0.1) is 11.3 Å². The number of ketones is 2. The Morgan fingerprint density at radius 1 is 0.684 bits per heavy atom. The van der Waals surface area contributed by atoms with E-state index in [2.05, 4.69) is 77.7 Å². The molecule has 182 valence electrons. The maximum Gasteiger partial charge on any atom is 0.197 e. The van der Waals surface area contributed by atoms with Gasteiger partial charge in [-0.25, -0.2) is 0 Å². The van der Waals surface area contributed by atoms with Gasteiger partial charge in [0, 0.05) is 27.1 Å². The van der Waals surface area contributed by atoms with Gasteiger partial charge in [0.2, 0.25) is 0 Å². The smallest absolute Gasteiger partial charge is 0.197 e. The summed E-state index contributed by atoms with van der Waals surface area (Å²) in [6, 6.07) is 32.9. The summed E-state index contributed by atoms with van der Waals surface area (Å²) in [5.41, 5.74) is 5.73. The van der Waals surface area contributed by atoms with Crippen LogP contribution in [0.15, 0.2) is 115 Å². The number of para-hydroxylation sites is 1. The highest BCUT2D eigenvalue weighted by Gasteiger charge is 2.34. The Morgan fingerprint density at radius 2 is 1.34 bits per heavy atom. The van der Waals surface area contributed by atoms with Crippen LogP contribution in [0.2, 0.25) is 0 Å². The Kier molecular flexibility index (Phi) is 5.41. The van der Waals surface area contributed by atoms with E-state index in [9.17, 15) is 9.59 Å². The molecule has 0 fully saturated rings. The number of carbonyl (C=O) groups is 2. The fraction of sp³-hybridized carbons (Fsp3) is 0.0588. The van der Waals surface area contributed by atoms with E-state index in [1.54, 1.807) is 17.4 Å². The second kappa shape index (κ2) is 9.09. The maximum absolute atomic E-state index is 13.3. The molecule has 0 saturated heterocycles. The number of Topliss-reactive ketones (excluding diaryl/α,β-unsaturated/α-hetero) is 2. The van der Waals surface area contributed by atoms with E-state index in [1.165, 1.54) is 5.39 Å². The lowest BCUT2D eigenvalue weighted by Crippen LogP contribution is -2.08. The number of fused-ring (bicyclic) bond motifs is 3. The molecule has 0 aliphatic heterocycles. The van der Waals surface area contributed by atoms with Gasteiger partial charge in [-0.2, -0.15) is 0 Å². The maximum atomic E-state index is 13.3. The molecule has 0 radical (unpaired) electrons. The zero-order chi connectivity index (χ0) is 25.6. The Balaban J connectivity index is 1.30. The zero-order valence-electron chi connectivity index (χ0n) is 20.6. The van der Waals surface area contributed by atoms with Crippen LogP contribution in [0.4, 0.5) is 16.4 Å². The number of rotatable bonds is 4. The van der Waals surface area contributed by atoms with Gasteiger partial charge in [0.25, 0.3) is 0 Å². The predicted molar refractivity (Wildman–Crippen MR) is 156 cm³/mol. The van der Waals surface area contributed by atoms with Crippen LogP contribution in [0.5, 0.6) is 0 Å². The summed E-state index contributed by atoms with van der Waals surface area (Å²) in [6.07, 6.45) is 7.62. The van der Waals surface area contributed by atoms with E-state index < -0.39 is 0 Å². The Hall–Kier alpha value is -4.54. The molecule has 3 nitrogen and oxygen atoms in total. The average Bonchev–Trinajstić information content (AvgIpc) is 3.51. The fourth-order valence-electron chi connectivity index (χ4n) is 5.44. The van der Waals surface area contributed by atoms with E-state index in [0.29, 0.717) is 11.1 Å². The van der Waals surface area contributed by atoms with Gasteiger partial charge in [0.15, 0.2) is 11.6 Å². The van der Waals surface area contributed by atoms with Crippen LogP contribution < -0.4 is 4.90 Å². The monoisotopic (exact) mass is 509 g/mol. The molecule has 0 bridgehead atoms. The molecule has 4 heteroatoms. The predicted octanol–water partition coefficient (Wildman–Crippen LogP) is 8.49. The summed E-state index contributed by atoms with van der Waals surface area (Å²) < 4.78 is 0. The van der Waals surface area contributed by atoms with E-state index in [4.69, 9.17) is 0 Å². The minimum Gasteiger partial charge on any atom is -0.301 e. The van der Waals surface area contributed by atoms with E-state index in [-0.39, 0.29) is 17.1 Å². The summed E-state index contributed by atoms with van der Waals surface area (Å²) in [7, 11) is 0. The summed E-state index contributed by atoms with van der Waals surface area (Å²) in [4.78, 5) is 29.7. The minimum atomic E-state index is -0.175. The molecule has 0 atom stereocenters. The van der Waals surface area contributed by atoms with E-state index in [1.807, 2.05) is 36.4 Å². The SMILES string of the molecule is O=C1C(=Cc2ccc(N(c3ccccc3)c3cccc4ccccc34)s2)C(=O)c2cc3c(cc21)CC=CC3. The molecule has 0 spiro atoms. The second-order valence-corrected chi connectivity index (χ2v) is 10.7. The molecule has 1 aromatic heterocycles. The average molecular weight is 510 g/mol. The van der Waals surface area contributed by atoms with E-state index in [0.717, 1.165) is 50.6 Å². The Labute approximate surface area is 225 Å². The van der Waals surface area contributed by atoms with Crippen LogP contribution >= 0.6 is 11.3 Å². The van der Waals surface area contributed by atoms with Gasteiger partial charge in [-0.05, 0) is 77.9 Å². The first-order valence-electron chi connectivity index (χ1n) is 12.7. The van der Waals surface area contributed by atoms with Crippen LogP contribution in [0.1, 0.15) is 36.7 Å². The van der Waals surface area contributed by atoms with Crippen LogP contribution in [-0.2, 0) is 12.8 Å². The quantitative estimate of drug-likeness (QED) is 0.138. The molecule has 0 saturated carbocycles. The first-order valence-corrected chi connectivity index (χ1v) is 13.5. The van der Waals surface area contributed by atoms with Crippen molar-refractivity contribution in [3.8, 4) is 0 Å². The molecule has 0 unspecified atom stereocenters. The van der Waals surface area contributed by atoms with Crippen LogP contribution in [-0.4, -0.2) is 11.6 Å². The van der Waals surface area contributed by atoms with Crippen molar-refractivity contribution >= 4 is 56.1 Å². The summed E-state index contributed by atoms with van der Waals surface area (Å²) in [6.45, 7) is 0. The topological polar surface area (TPSA) is 37.4 Å². The third kappa shape index (κ3) is 3.73. The molecule has 2 aliphatic carbocycles. The fourth-order valence-corrected chi connectivity index (χ4v) is 6.42. The number of thiophene rings is 1. The number of anilines is 3. The Morgan fingerprint density at radius 3 is 2.08 bits per heavy atom. The number of carbonyl (C=O) groups excluding carboxylic acids is 2. The van der Waals surface area contributed by atoms with Gasteiger partial charge < -0.3 is 4.90 Å². The first-order chi connectivity index (χ1) is 18.7. The van der Waals surface area contributed by atoms with Gasteiger partial charge in [-0.3, -0.25) is 9.59 Å². The number of allylic oxidation sites excluding steroid dienone is 3. The summed E-state index contributed by atoms with van der Waals surface area (Å²) >= 11 is 1.57. The molecule has 38 heavy (non-hydrogen) atoms. The molecule has 1 heterocycles. The number of benzene rings is 4. The number of hydrogen-bond acceptors (Lipinski definition) is 4. The van der Waals surface area contributed by atoms with E-state index >= 15 is 0 Å². The highest BCUT2D eigenvalue weighted by molar-refractivity contribution is 7.17. The van der Waals surface area contributed by atoms with Crippen molar-refractivity contribution in [2.45, 2.75) is 12.8 Å². The van der Waals surface area contributed by atoms with Crippen molar-refractivity contribution < 1.29 is 9.59 Å². The van der Waals surface area contributed by atoms with Gasteiger partial charge >= 0.3 is 0 Å². The second-order valence-electron chi connectivity index (χ2n) is 9.61. The lowest BCUT2D eigenvalue weighted by molar-refractivity contribution is 0.0990. The summed E-state index contributed by atoms with van der Waals surface area (Å²) in [5.74, 6) is -0.349. The van der Waals surface area contributed by atoms with Gasteiger partial charge in [-0.15, -0.1) is 11.3 Å². The van der Waals surface area contributed by atoms with Gasteiger partial charge in [0.1, 0.15) is 5.00 Å². The van der Waals surface area contributed by atoms with Crippen molar-refractivity contribution in [3.63, 3.8) is 0 Å². The van der Waals surface area contributed by atoms with Crippen molar-refractivity contribution in [2.75, 3.05) is 4.90 Å². The molecule has 0 amide bonds. The van der Waals surface area contributed by atoms with Crippen molar-refractivity contribution in [1.82, 2.24) is 0 Å². The minimum absolute atomic E-state index is 0.175. The first kappa shape index (κ1) is 22.6. The zero-order valence-corrected chi connectivity index (χ0v) is 21.4. The molecular formula is C34H23NO2S. The van der Waals surface area contributed by atoms with Crippen LogP contribution in [0, 0.1) is 0 Å². The highest BCUT2D eigenvalue weighted by Crippen LogP contribution is 2.42. The standard InChI is InChI=1S/C34H23NO2S/c36-33-28-19-23-10-4-5-11-24(23)20-29(28)34(37)30(33)21-26-17-18-32(38-26)35(25-13-2-1-3-14-25)31-16-8-12-22-9-6-7-15-27(22)31/h1-9,12-21H,10-11H2. The molecule has 0 N–H and O–H groups in total. The molecule has 4 aromatic carbocycles. The highest BCUT2D eigenvalue weighted by atomic mass is 32.1. The molecule has 5 aromatic rings. The number of nitrogens with zero attached hydrogens (tertiary/aromatic N) is 1. The van der Waals surface area contributed by atoms with Crippen molar-refractivity contribution in [2.24, 2.45) is 0 Å². The van der Waals surface area contributed by atoms with Crippen LogP contribution in [0.25, 0.3) is 16.8 Å². The molecule has 2 aliphatic rings. The molecular weight excluding hydrogens is 486 g/mol. The third-order valence-corrected chi connectivity index (χ3v) is 8.32. The Bertz CT molecular complexity index is 1760. The molecule has 7 rings (SSSR count). The lowest BCUT2D eigenvalue weighted by Gasteiger charge is -2.25. The van der Waals surface area contributed by atoms with Crippen molar-refractivity contribution in [3.05, 3.63) is 142 Å². The number of hydrogen-bond donors (Lipinski definition) is 0. The van der Waals surface area contributed by atoms with Gasteiger partial charge in [-0.1, -0.05) is 66.7 Å². The normalized spacial score (nSPS) is 14.1. The lowest BCUT2D eigenvalue weighted by atomic mass is 9.92. The summed E-state index contributed by atoms with van der Waals surface area (Å²) in [5, 5.41) is 3.33. The van der Waals surface area contributed by atoms with Crippen LogP contribution in [0.3, 0.4) is 0 Å². The third-order valence-electron chi connectivity index (χ3n) is 7.30. The van der Waals surface area contributed by atoms with Crippen molar-refractivity contribution in [1.29, 1.82) is 0 Å². The largest absolute Gasteiger partial charge is 0.301 e.